The van der Waals surface area contributed by atoms with E-state index in [1.165, 1.54) is 5.56 Å². The van der Waals surface area contributed by atoms with E-state index in [4.69, 9.17) is 0 Å². The summed E-state index contributed by atoms with van der Waals surface area (Å²) in [5.41, 5.74) is 4.33. The summed E-state index contributed by atoms with van der Waals surface area (Å²) in [6.45, 7) is 2.74. The number of aromatic amines is 1. The number of carbonyl (C=O) groups is 2. The van der Waals surface area contributed by atoms with Crippen LogP contribution in [0.2, 0.25) is 0 Å². The molecule has 1 atom stereocenters. The Labute approximate surface area is 186 Å². The number of fused-ring (bicyclic) bond motifs is 1. The standard InChI is InChI=1S/C24H26N6O2/c1-15(16-7-5-4-6-8-16)11-12-26-23(31)21-14-19(29-30(21)3)17-9-10-18-20(13-17)27-28-22(18)24(32)25-2/h4-10,13-15H,11-12H2,1-3H3,(H,25,32)(H,26,31)(H,27,28). The molecule has 0 aliphatic rings. The number of nitrogens with one attached hydrogen (secondary N) is 3. The van der Waals surface area contributed by atoms with Gasteiger partial charge in [0, 0.05) is 31.6 Å². The van der Waals surface area contributed by atoms with E-state index in [0.29, 0.717) is 29.5 Å². The maximum absolute atomic E-state index is 12.7. The predicted octanol–water partition coefficient (Wildman–Crippen LogP) is 3.25. The van der Waals surface area contributed by atoms with Crippen LogP contribution >= 0.6 is 0 Å². The molecule has 0 bridgehead atoms. The van der Waals surface area contributed by atoms with E-state index in [1.807, 2.05) is 36.4 Å². The van der Waals surface area contributed by atoms with E-state index in [0.717, 1.165) is 22.9 Å². The van der Waals surface area contributed by atoms with Crippen LogP contribution in [0.15, 0.2) is 54.6 Å². The molecule has 32 heavy (non-hydrogen) atoms. The predicted molar refractivity (Wildman–Crippen MR) is 123 cm³/mol. The Balaban J connectivity index is 1.45. The maximum atomic E-state index is 12.7. The van der Waals surface area contributed by atoms with Gasteiger partial charge in [0.1, 0.15) is 5.69 Å². The lowest BCUT2D eigenvalue weighted by Gasteiger charge is -2.12. The number of amides is 2. The van der Waals surface area contributed by atoms with Gasteiger partial charge in [-0.1, -0.05) is 43.3 Å². The number of rotatable bonds is 7. The fraction of sp³-hybridized carbons (Fsp3) is 0.250. The van der Waals surface area contributed by atoms with Gasteiger partial charge >= 0.3 is 0 Å². The van der Waals surface area contributed by atoms with Gasteiger partial charge in [0.2, 0.25) is 0 Å². The van der Waals surface area contributed by atoms with Crippen molar-refractivity contribution in [1.29, 1.82) is 0 Å². The number of aryl methyl sites for hydroxylation is 1. The largest absolute Gasteiger partial charge is 0.354 e. The molecule has 4 rings (SSSR count). The number of H-pyrrole nitrogens is 1. The summed E-state index contributed by atoms with van der Waals surface area (Å²) in [6, 6.07) is 17.6. The summed E-state index contributed by atoms with van der Waals surface area (Å²) < 4.78 is 1.58. The van der Waals surface area contributed by atoms with Crippen LogP contribution < -0.4 is 10.6 Å². The molecule has 164 valence electrons. The zero-order chi connectivity index (χ0) is 22.7. The molecule has 3 N–H and O–H groups in total. The first kappa shape index (κ1) is 21.3. The molecule has 0 radical (unpaired) electrons. The van der Waals surface area contributed by atoms with E-state index in [1.54, 1.807) is 24.8 Å². The highest BCUT2D eigenvalue weighted by atomic mass is 16.2. The van der Waals surface area contributed by atoms with Crippen molar-refractivity contribution >= 4 is 22.7 Å². The molecule has 0 saturated carbocycles. The SMILES string of the molecule is CNC(=O)c1n[nH]c2cc(-c3cc(C(=O)NCCC(C)c4ccccc4)n(C)n3)ccc12. The van der Waals surface area contributed by atoms with Crippen LogP contribution in [0.5, 0.6) is 0 Å². The van der Waals surface area contributed by atoms with Crippen molar-refractivity contribution in [2.24, 2.45) is 7.05 Å². The summed E-state index contributed by atoms with van der Waals surface area (Å²) in [5.74, 6) is -0.0437. The Morgan fingerprint density at radius 1 is 1.09 bits per heavy atom. The van der Waals surface area contributed by atoms with Crippen molar-refractivity contribution in [3.63, 3.8) is 0 Å². The van der Waals surface area contributed by atoms with Crippen LogP contribution in [0.3, 0.4) is 0 Å². The van der Waals surface area contributed by atoms with Crippen molar-refractivity contribution in [3.05, 3.63) is 71.5 Å². The van der Waals surface area contributed by atoms with Crippen LogP contribution in [-0.2, 0) is 7.05 Å². The van der Waals surface area contributed by atoms with Crippen LogP contribution in [0.4, 0.5) is 0 Å². The van der Waals surface area contributed by atoms with E-state index in [-0.39, 0.29) is 11.8 Å². The highest BCUT2D eigenvalue weighted by Crippen LogP contribution is 2.25. The molecule has 0 aliphatic heterocycles. The summed E-state index contributed by atoms with van der Waals surface area (Å²) in [4.78, 5) is 24.6. The number of hydrogen-bond donors (Lipinski definition) is 3. The lowest BCUT2D eigenvalue weighted by molar-refractivity contribution is 0.0940. The molecule has 2 aromatic carbocycles. The molecule has 4 aromatic rings. The van der Waals surface area contributed by atoms with Crippen molar-refractivity contribution in [1.82, 2.24) is 30.6 Å². The number of hydrogen-bond acceptors (Lipinski definition) is 4. The van der Waals surface area contributed by atoms with E-state index in [9.17, 15) is 9.59 Å². The zero-order valence-electron chi connectivity index (χ0n) is 18.3. The van der Waals surface area contributed by atoms with Gasteiger partial charge in [-0.3, -0.25) is 19.4 Å². The number of aromatic nitrogens is 4. The fourth-order valence-corrected chi connectivity index (χ4v) is 3.73. The van der Waals surface area contributed by atoms with E-state index < -0.39 is 0 Å². The second-order valence-electron chi connectivity index (χ2n) is 7.81. The van der Waals surface area contributed by atoms with E-state index in [2.05, 4.69) is 45.0 Å². The maximum Gasteiger partial charge on any atom is 0.272 e. The molecule has 0 spiro atoms. The molecule has 0 aliphatic carbocycles. The lowest BCUT2D eigenvalue weighted by atomic mass is 9.98. The number of nitrogens with zero attached hydrogens (tertiary/aromatic N) is 3. The zero-order valence-corrected chi connectivity index (χ0v) is 18.3. The first-order chi connectivity index (χ1) is 15.5. The second kappa shape index (κ2) is 9.05. The Morgan fingerprint density at radius 3 is 2.62 bits per heavy atom. The van der Waals surface area contributed by atoms with Crippen molar-refractivity contribution in [2.75, 3.05) is 13.6 Å². The minimum atomic E-state index is -0.248. The monoisotopic (exact) mass is 430 g/mol. The normalized spacial score (nSPS) is 12.0. The number of benzene rings is 2. The van der Waals surface area contributed by atoms with Gasteiger partial charge in [0.15, 0.2) is 5.69 Å². The average molecular weight is 431 g/mol. The van der Waals surface area contributed by atoms with Gasteiger partial charge < -0.3 is 10.6 Å². The molecular weight excluding hydrogens is 404 g/mol. The van der Waals surface area contributed by atoms with Gasteiger partial charge in [-0.05, 0) is 36.1 Å². The second-order valence-corrected chi connectivity index (χ2v) is 7.81. The average Bonchev–Trinajstić information content (AvgIpc) is 3.42. The smallest absolute Gasteiger partial charge is 0.272 e. The van der Waals surface area contributed by atoms with Gasteiger partial charge in [-0.2, -0.15) is 10.2 Å². The van der Waals surface area contributed by atoms with Crippen molar-refractivity contribution < 1.29 is 9.59 Å². The van der Waals surface area contributed by atoms with Gasteiger partial charge in [-0.15, -0.1) is 0 Å². The van der Waals surface area contributed by atoms with Crippen LogP contribution in [0.1, 0.15) is 45.8 Å². The summed E-state index contributed by atoms with van der Waals surface area (Å²) >= 11 is 0. The lowest BCUT2D eigenvalue weighted by Crippen LogP contribution is -2.27. The molecular formula is C24H26N6O2. The molecule has 2 heterocycles. The van der Waals surface area contributed by atoms with Gasteiger partial charge in [0.05, 0.1) is 11.2 Å². The molecule has 0 saturated heterocycles. The summed E-state index contributed by atoms with van der Waals surface area (Å²) in [7, 11) is 3.32. The quantitative estimate of drug-likeness (QED) is 0.419. The van der Waals surface area contributed by atoms with Crippen LogP contribution in [0.25, 0.3) is 22.2 Å². The van der Waals surface area contributed by atoms with Crippen LogP contribution in [0, 0.1) is 0 Å². The van der Waals surface area contributed by atoms with Crippen molar-refractivity contribution in [3.8, 4) is 11.3 Å². The molecule has 2 aromatic heterocycles. The minimum Gasteiger partial charge on any atom is -0.354 e. The molecule has 1 unspecified atom stereocenters. The Kier molecular flexibility index (Phi) is 6.02. The van der Waals surface area contributed by atoms with E-state index >= 15 is 0 Å². The first-order valence-electron chi connectivity index (χ1n) is 10.6. The molecule has 8 nitrogen and oxygen atoms in total. The molecule has 2 amide bonds. The Hall–Kier alpha value is -3.94. The highest BCUT2D eigenvalue weighted by molar-refractivity contribution is 6.05. The summed E-state index contributed by atoms with van der Waals surface area (Å²) in [5, 5.41) is 17.8. The number of carbonyl (C=O) groups excluding carboxylic acids is 2. The van der Waals surface area contributed by atoms with Gasteiger partial charge in [-0.25, -0.2) is 0 Å². The highest BCUT2D eigenvalue weighted by Gasteiger charge is 2.17. The Bertz CT molecular complexity index is 1260. The minimum absolute atomic E-state index is 0.156. The third kappa shape index (κ3) is 4.25. The third-order valence-electron chi connectivity index (χ3n) is 5.64. The Morgan fingerprint density at radius 2 is 1.88 bits per heavy atom. The van der Waals surface area contributed by atoms with Crippen molar-refractivity contribution in [2.45, 2.75) is 19.3 Å². The summed E-state index contributed by atoms with van der Waals surface area (Å²) in [6.07, 6.45) is 0.852. The van der Waals surface area contributed by atoms with Crippen LogP contribution in [-0.4, -0.2) is 45.4 Å². The fourth-order valence-electron chi connectivity index (χ4n) is 3.73. The molecule has 8 heteroatoms. The molecule has 0 fully saturated rings. The topological polar surface area (TPSA) is 105 Å². The first-order valence-corrected chi connectivity index (χ1v) is 10.6. The van der Waals surface area contributed by atoms with Gasteiger partial charge in [0.25, 0.3) is 11.8 Å². The third-order valence-corrected chi connectivity index (χ3v) is 5.64.